The van der Waals surface area contributed by atoms with Gasteiger partial charge < -0.3 is 14.9 Å². The number of carbonyl (C=O) groups excluding carboxylic acids is 1. The Kier molecular flexibility index (Phi) is 4.78. The summed E-state index contributed by atoms with van der Waals surface area (Å²) in [7, 11) is 1.55. The molecule has 17 heavy (non-hydrogen) atoms. The zero-order valence-corrected chi connectivity index (χ0v) is 10.8. The molecule has 0 bridgehead atoms. The zero-order chi connectivity index (χ0) is 13.0. The quantitative estimate of drug-likeness (QED) is 0.770. The zero-order valence-electron chi connectivity index (χ0n) is 10.8. The van der Waals surface area contributed by atoms with Gasteiger partial charge in [0.2, 0.25) is 0 Å². The summed E-state index contributed by atoms with van der Waals surface area (Å²) < 4.78 is 0. The molecule has 5 nitrogen and oxygen atoms in total. The first-order valence-corrected chi connectivity index (χ1v) is 6.21. The molecule has 0 aliphatic heterocycles. The number of carboxylic acids is 1. The predicted octanol–water partition coefficient (Wildman–Crippen LogP) is 1.63. The van der Waals surface area contributed by atoms with E-state index < -0.39 is 12.0 Å². The summed E-state index contributed by atoms with van der Waals surface area (Å²) in [5.74, 6) is -0.345. The Morgan fingerprint density at radius 2 is 2.00 bits per heavy atom. The first-order chi connectivity index (χ1) is 7.97. The van der Waals surface area contributed by atoms with E-state index in [1.54, 1.807) is 11.9 Å². The molecular formula is C12H22N2O3. The summed E-state index contributed by atoms with van der Waals surface area (Å²) >= 11 is 0. The van der Waals surface area contributed by atoms with E-state index in [0.717, 1.165) is 13.0 Å². The largest absolute Gasteiger partial charge is 0.480 e. The van der Waals surface area contributed by atoms with Gasteiger partial charge in [-0.25, -0.2) is 9.59 Å². The molecule has 1 N–H and O–H groups in total. The van der Waals surface area contributed by atoms with Crippen LogP contribution in [0.15, 0.2) is 0 Å². The number of aliphatic carboxylic acids is 1. The fraction of sp³-hybridized carbons (Fsp3) is 0.833. The van der Waals surface area contributed by atoms with E-state index >= 15 is 0 Å². The Morgan fingerprint density at radius 3 is 2.41 bits per heavy atom. The Morgan fingerprint density at radius 1 is 1.41 bits per heavy atom. The molecule has 1 rings (SSSR count). The van der Waals surface area contributed by atoms with Crippen molar-refractivity contribution in [1.29, 1.82) is 0 Å². The Labute approximate surface area is 102 Å². The maximum Gasteiger partial charge on any atom is 0.326 e. The molecule has 1 fully saturated rings. The van der Waals surface area contributed by atoms with Crippen LogP contribution in [0, 0.1) is 5.92 Å². The third-order valence-corrected chi connectivity index (χ3v) is 3.18. The standard InChI is InChI=1S/C12H22N2O3/c1-4-7-14(8-10-5-6-10)12(17)13(3)9(2)11(15)16/h9-10H,4-8H2,1-3H3,(H,15,16). The van der Waals surface area contributed by atoms with Crippen LogP contribution in [-0.2, 0) is 4.79 Å². The van der Waals surface area contributed by atoms with Gasteiger partial charge in [0, 0.05) is 20.1 Å². The average Bonchev–Trinajstić information content (AvgIpc) is 3.09. The number of hydrogen-bond donors (Lipinski definition) is 1. The Balaban J connectivity index is 2.58. The van der Waals surface area contributed by atoms with Gasteiger partial charge >= 0.3 is 12.0 Å². The molecule has 1 aliphatic rings. The minimum Gasteiger partial charge on any atom is -0.480 e. The minimum atomic E-state index is -0.969. The molecule has 0 aromatic rings. The van der Waals surface area contributed by atoms with Gasteiger partial charge in [-0.3, -0.25) is 0 Å². The maximum absolute atomic E-state index is 12.1. The lowest BCUT2D eigenvalue weighted by Crippen LogP contribution is -2.48. The summed E-state index contributed by atoms with van der Waals surface area (Å²) in [5.41, 5.74) is 0. The highest BCUT2D eigenvalue weighted by Gasteiger charge is 2.30. The van der Waals surface area contributed by atoms with Crippen molar-refractivity contribution in [1.82, 2.24) is 9.80 Å². The third-order valence-electron chi connectivity index (χ3n) is 3.18. The molecule has 0 aromatic carbocycles. The molecule has 98 valence electrons. The van der Waals surface area contributed by atoms with Gasteiger partial charge in [0.05, 0.1) is 0 Å². The van der Waals surface area contributed by atoms with E-state index in [9.17, 15) is 9.59 Å². The topological polar surface area (TPSA) is 60.9 Å². The number of nitrogens with zero attached hydrogens (tertiary/aromatic N) is 2. The molecule has 1 saturated carbocycles. The van der Waals surface area contributed by atoms with Gasteiger partial charge in [0.15, 0.2) is 0 Å². The van der Waals surface area contributed by atoms with Crippen molar-refractivity contribution in [2.24, 2.45) is 5.92 Å². The van der Waals surface area contributed by atoms with Crippen molar-refractivity contribution >= 4 is 12.0 Å². The number of urea groups is 1. The van der Waals surface area contributed by atoms with E-state index in [4.69, 9.17) is 5.11 Å². The molecule has 2 amide bonds. The lowest BCUT2D eigenvalue weighted by atomic mass is 10.3. The van der Waals surface area contributed by atoms with Crippen LogP contribution < -0.4 is 0 Å². The highest BCUT2D eigenvalue weighted by Crippen LogP contribution is 2.30. The fourth-order valence-corrected chi connectivity index (χ4v) is 1.70. The van der Waals surface area contributed by atoms with Crippen molar-refractivity contribution < 1.29 is 14.7 Å². The summed E-state index contributed by atoms with van der Waals surface area (Å²) in [4.78, 5) is 26.1. The summed E-state index contributed by atoms with van der Waals surface area (Å²) in [6, 6.07) is -0.949. The number of carboxylic acid groups (broad SMARTS) is 1. The van der Waals surface area contributed by atoms with Crippen molar-refractivity contribution in [3.63, 3.8) is 0 Å². The van der Waals surface area contributed by atoms with Crippen LogP contribution in [-0.4, -0.2) is 53.1 Å². The van der Waals surface area contributed by atoms with E-state index in [-0.39, 0.29) is 6.03 Å². The maximum atomic E-state index is 12.1. The molecule has 5 heteroatoms. The normalized spacial score (nSPS) is 16.4. The molecule has 0 radical (unpaired) electrons. The minimum absolute atomic E-state index is 0.173. The summed E-state index contributed by atoms with van der Waals surface area (Å²) in [5, 5.41) is 8.89. The highest BCUT2D eigenvalue weighted by atomic mass is 16.4. The number of rotatable bonds is 6. The highest BCUT2D eigenvalue weighted by molar-refractivity contribution is 5.82. The van der Waals surface area contributed by atoms with Gasteiger partial charge in [-0.15, -0.1) is 0 Å². The average molecular weight is 242 g/mol. The van der Waals surface area contributed by atoms with Crippen molar-refractivity contribution in [2.75, 3.05) is 20.1 Å². The summed E-state index contributed by atoms with van der Waals surface area (Å²) in [6.45, 7) is 5.02. The van der Waals surface area contributed by atoms with Gasteiger partial charge in [0.1, 0.15) is 6.04 Å². The first-order valence-electron chi connectivity index (χ1n) is 6.21. The van der Waals surface area contributed by atoms with Crippen LogP contribution in [0.4, 0.5) is 4.79 Å². The summed E-state index contributed by atoms with van der Waals surface area (Å²) in [6.07, 6.45) is 3.27. The van der Waals surface area contributed by atoms with Gasteiger partial charge in [0.25, 0.3) is 0 Å². The van der Waals surface area contributed by atoms with Gasteiger partial charge in [-0.2, -0.15) is 0 Å². The molecule has 1 atom stereocenters. The van der Waals surface area contributed by atoms with E-state index in [1.165, 1.54) is 24.7 Å². The van der Waals surface area contributed by atoms with Crippen molar-refractivity contribution in [3.8, 4) is 0 Å². The van der Waals surface area contributed by atoms with Crippen molar-refractivity contribution in [3.05, 3.63) is 0 Å². The third kappa shape index (κ3) is 3.91. The predicted molar refractivity (Wildman–Crippen MR) is 64.8 cm³/mol. The van der Waals surface area contributed by atoms with Gasteiger partial charge in [-0.05, 0) is 32.1 Å². The SMILES string of the molecule is CCCN(CC1CC1)C(=O)N(C)C(C)C(=O)O. The number of hydrogen-bond acceptors (Lipinski definition) is 2. The smallest absolute Gasteiger partial charge is 0.326 e. The van der Waals surface area contributed by atoms with Crippen LogP contribution in [0.2, 0.25) is 0 Å². The van der Waals surface area contributed by atoms with Crippen LogP contribution in [0.5, 0.6) is 0 Å². The Bertz CT molecular complexity index is 289. The molecule has 0 spiro atoms. The molecule has 0 heterocycles. The monoisotopic (exact) mass is 242 g/mol. The number of amides is 2. The fourth-order valence-electron chi connectivity index (χ4n) is 1.70. The molecule has 1 unspecified atom stereocenters. The number of carbonyl (C=O) groups is 2. The Hall–Kier alpha value is -1.26. The van der Waals surface area contributed by atoms with E-state index in [0.29, 0.717) is 12.5 Å². The molecule has 0 saturated heterocycles. The second-order valence-electron chi connectivity index (χ2n) is 4.80. The van der Waals surface area contributed by atoms with Crippen molar-refractivity contribution in [2.45, 2.75) is 39.2 Å². The van der Waals surface area contributed by atoms with Crippen LogP contribution >= 0.6 is 0 Å². The van der Waals surface area contributed by atoms with E-state index in [1.807, 2.05) is 6.92 Å². The van der Waals surface area contributed by atoms with Crippen LogP contribution in [0.3, 0.4) is 0 Å². The molecule has 1 aliphatic carbocycles. The van der Waals surface area contributed by atoms with Gasteiger partial charge in [-0.1, -0.05) is 6.92 Å². The lowest BCUT2D eigenvalue weighted by Gasteiger charge is -2.30. The van der Waals surface area contributed by atoms with Crippen LogP contribution in [0.1, 0.15) is 33.1 Å². The lowest BCUT2D eigenvalue weighted by molar-refractivity contribution is -0.141. The van der Waals surface area contributed by atoms with Crippen LogP contribution in [0.25, 0.3) is 0 Å². The second kappa shape index (κ2) is 5.89. The number of likely N-dealkylation sites (N-methyl/N-ethyl adjacent to an activating group) is 1. The molecular weight excluding hydrogens is 220 g/mol. The molecule has 0 aromatic heterocycles. The van der Waals surface area contributed by atoms with E-state index in [2.05, 4.69) is 0 Å². The first kappa shape index (κ1) is 13.8. The second-order valence-corrected chi connectivity index (χ2v) is 4.80.